The molecule has 3 nitrogen and oxygen atoms in total. The number of nitrogens with zero attached hydrogens (tertiary/aromatic N) is 1. The third-order valence-electron chi connectivity index (χ3n) is 3.64. The second-order valence-corrected chi connectivity index (χ2v) is 6.84. The highest BCUT2D eigenvalue weighted by molar-refractivity contribution is 7.10. The van der Waals surface area contributed by atoms with Gasteiger partial charge in [0.2, 0.25) is 0 Å². The molecule has 1 aliphatic rings. The van der Waals surface area contributed by atoms with E-state index in [0.29, 0.717) is 5.92 Å². The Bertz CT molecular complexity index is 571. The van der Waals surface area contributed by atoms with Gasteiger partial charge in [-0.05, 0) is 17.9 Å². The monoisotopic (exact) mass is 302 g/mol. The molecule has 0 amide bonds. The molecule has 4 heteroatoms. The number of nitrogens with one attached hydrogen (secondary N) is 1. The third kappa shape index (κ3) is 3.70. The Morgan fingerprint density at radius 2 is 2.14 bits per heavy atom. The molecule has 1 N–H and O–H groups in total. The van der Waals surface area contributed by atoms with Crippen molar-refractivity contribution in [2.75, 3.05) is 19.8 Å². The summed E-state index contributed by atoms with van der Waals surface area (Å²) in [4.78, 5) is 4.77. The lowest BCUT2D eigenvalue weighted by Crippen LogP contribution is -2.34. The van der Waals surface area contributed by atoms with Crippen LogP contribution in [-0.2, 0) is 11.2 Å². The number of aromatic nitrogens is 1. The predicted octanol–water partition coefficient (Wildman–Crippen LogP) is 3.67. The molecule has 1 fully saturated rings. The van der Waals surface area contributed by atoms with E-state index in [-0.39, 0.29) is 6.04 Å². The molecule has 1 saturated heterocycles. The summed E-state index contributed by atoms with van der Waals surface area (Å²) >= 11 is 1.71. The number of ether oxygens (including phenoxy) is 1. The fourth-order valence-electron chi connectivity index (χ4n) is 2.59. The van der Waals surface area contributed by atoms with Gasteiger partial charge in [0.1, 0.15) is 5.01 Å². The van der Waals surface area contributed by atoms with Crippen LogP contribution in [0.2, 0.25) is 0 Å². The van der Waals surface area contributed by atoms with E-state index in [0.717, 1.165) is 36.9 Å². The predicted molar refractivity (Wildman–Crippen MR) is 87.7 cm³/mol. The summed E-state index contributed by atoms with van der Waals surface area (Å²) in [6.07, 6.45) is 1.13. The highest BCUT2D eigenvalue weighted by Crippen LogP contribution is 2.27. The maximum atomic E-state index is 5.51. The van der Waals surface area contributed by atoms with Crippen molar-refractivity contribution in [3.05, 3.63) is 40.2 Å². The van der Waals surface area contributed by atoms with Gasteiger partial charge in [-0.15, -0.1) is 11.3 Å². The third-order valence-corrected chi connectivity index (χ3v) is 4.59. The van der Waals surface area contributed by atoms with Crippen molar-refractivity contribution in [1.29, 1.82) is 0 Å². The van der Waals surface area contributed by atoms with Gasteiger partial charge in [-0.2, -0.15) is 0 Å². The van der Waals surface area contributed by atoms with E-state index in [1.807, 2.05) is 0 Å². The molecule has 112 valence electrons. The quantitative estimate of drug-likeness (QED) is 0.935. The highest BCUT2D eigenvalue weighted by Gasteiger charge is 2.18. The number of thiazole rings is 1. The zero-order chi connectivity index (χ0) is 14.7. The number of benzene rings is 1. The van der Waals surface area contributed by atoms with Crippen LogP contribution in [0.1, 0.15) is 30.5 Å². The van der Waals surface area contributed by atoms with Gasteiger partial charge in [-0.3, -0.25) is 0 Å². The summed E-state index contributed by atoms with van der Waals surface area (Å²) in [5.41, 5.74) is 3.66. The molecule has 0 saturated carbocycles. The zero-order valence-electron chi connectivity index (χ0n) is 12.6. The van der Waals surface area contributed by atoms with Gasteiger partial charge in [-0.1, -0.05) is 38.1 Å². The minimum atomic E-state index is 0.248. The minimum Gasteiger partial charge on any atom is -0.378 e. The summed E-state index contributed by atoms with van der Waals surface area (Å²) in [6, 6.07) is 9.05. The molecular weight excluding hydrogens is 280 g/mol. The largest absolute Gasteiger partial charge is 0.378 e. The molecule has 3 rings (SSSR count). The Hall–Kier alpha value is -1.23. The maximum absolute atomic E-state index is 5.51. The molecule has 1 aromatic carbocycles. The second kappa shape index (κ2) is 6.69. The minimum absolute atomic E-state index is 0.248. The summed E-state index contributed by atoms with van der Waals surface area (Å²) in [7, 11) is 0. The van der Waals surface area contributed by atoms with Gasteiger partial charge in [-0.25, -0.2) is 4.98 Å². The lowest BCUT2D eigenvalue weighted by Gasteiger charge is -2.21. The van der Waals surface area contributed by atoms with Gasteiger partial charge >= 0.3 is 0 Å². The first-order chi connectivity index (χ1) is 10.2. The Balaban J connectivity index is 1.73. The number of rotatable bonds is 4. The fourth-order valence-corrected chi connectivity index (χ4v) is 3.48. The van der Waals surface area contributed by atoms with Crippen LogP contribution in [-0.4, -0.2) is 24.7 Å². The molecule has 1 aliphatic heterocycles. The number of hydrogen-bond acceptors (Lipinski definition) is 4. The van der Waals surface area contributed by atoms with Crippen LogP contribution < -0.4 is 5.32 Å². The van der Waals surface area contributed by atoms with E-state index >= 15 is 0 Å². The Kier molecular flexibility index (Phi) is 4.68. The lowest BCUT2D eigenvalue weighted by atomic mass is 10.0. The van der Waals surface area contributed by atoms with Crippen LogP contribution in [0.3, 0.4) is 0 Å². The van der Waals surface area contributed by atoms with Crippen LogP contribution in [0.25, 0.3) is 11.3 Å². The average molecular weight is 302 g/mol. The molecule has 0 aliphatic carbocycles. The molecule has 2 heterocycles. The lowest BCUT2D eigenvalue weighted by molar-refractivity contribution is 0.0768. The standard InChI is InChI=1S/C17H22N2OS/c1-12(2)9-13-3-5-14(6-4-13)16-11-21-17(19-16)15-10-20-8-7-18-15/h3-6,11-12,15,18H,7-10H2,1-2H3. The second-order valence-electron chi connectivity index (χ2n) is 5.95. The molecule has 1 unspecified atom stereocenters. The Labute approximate surface area is 130 Å². The molecule has 1 aromatic heterocycles. The van der Waals surface area contributed by atoms with E-state index in [4.69, 9.17) is 9.72 Å². The van der Waals surface area contributed by atoms with Gasteiger partial charge in [0, 0.05) is 17.5 Å². The van der Waals surface area contributed by atoms with Crippen molar-refractivity contribution in [2.45, 2.75) is 26.3 Å². The van der Waals surface area contributed by atoms with E-state index in [2.05, 4.69) is 48.8 Å². The highest BCUT2D eigenvalue weighted by atomic mass is 32.1. The van der Waals surface area contributed by atoms with E-state index in [9.17, 15) is 0 Å². The smallest absolute Gasteiger partial charge is 0.113 e. The van der Waals surface area contributed by atoms with Gasteiger partial charge in [0.15, 0.2) is 0 Å². The fraction of sp³-hybridized carbons (Fsp3) is 0.471. The molecule has 0 radical (unpaired) electrons. The van der Waals surface area contributed by atoms with Crippen LogP contribution in [0.5, 0.6) is 0 Å². The van der Waals surface area contributed by atoms with Crippen LogP contribution in [0, 0.1) is 5.92 Å². The first-order valence-corrected chi connectivity index (χ1v) is 8.46. The van der Waals surface area contributed by atoms with Crippen LogP contribution >= 0.6 is 11.3 Å². The maximum Gasteiger partial charge on any atom is 0.113 e. The number of morpholine rings is 1. The van der Waals surface area contributed by atoms with Crippen LogP contribution in [0.4, 0.5) is 0 Å². The first-order valence-electron chi connectivity index (χ1n) is 7.58. The van der Waals surface area contributed by atoms with Gasteiger partial charge < -0.3 is 10.1 Å². The topological polar surface area (TPSA) is 34.1 Å². The van der Waals surface area contributed by atoms with Gasteiger partial charge in [0.05, 0.1) is 24.9 Å². The Morgan fingerprint density at radius 3 is 2.81 bits per heavy atom. The molecular formula is C17H22N2OS. The summed E-state index contributed by atoms with van der Waals surface area (Å²) < 4.78 is 5.51. The summed E-state index contributed by atoms with van der Waals surface area (Å²) in [5.74, 6) is 0.694. The van der Waals surface area contributed by atoms with Crippen molar-refractivity contribution in [3.8, 4) is 11.3 Å². The van der Waals surface area contributed by atoms with Crippen molar-refractivity contribution < 1.29 is 4.74 Å². The summed E-state index contributed by atoms with van der Waals surface area (Å²) in [6.45, 7) is 6.93. The number of hydrogen-bond donors (Lipinski definition) is 1. The van der Waals surface area contributed by atoms with Gasteiger partial charge in [0.25, 0.3) is 0 Å². The van der Waals surface area contributed by atoms with E-state index < -0.39 is 0 Å². The van der Waals surface area contributed by atoms with Crippen molar-refractivity contribution in [3.63, 3.8) is 0 Å². The SMILES string of the molecule is CC(C)Cc1ccc(-c2csc(C3COCCN3)n2)cc1. The zero-order valence-corrected chi connectivity index (χ0v) is 13.5. The summed E-state index contributed by atoms with van der Waals surface area (Å²) in [5, 5.41) is 6.72. The molecule has 2 aromatic rings. The molecule has 21 heavy (non-hydrogen) atoms. The van der Waals surface area contributed by atoms with E-state index in [1.165, 1.54) is 11.1 Å². The molecule has 1 atom stereocenters. The average Bonchev–Trinajstić information content (AvgIpc) is 2.98. The Morgan fingerprint density at radius 1 is 1.33 bits per heavy atom. The van der Waals surface area contributed by atoms with Crippen molar-refractivity contribution in [1.82, 2.24) is 10.3 Å². The van der Waals surface area contributed by atoms with Crippen LogP contribution in [0.15, 0.2) is 29.6 Å². The molecule has 0 bridgehead atoms. The first kappa shape index (κ1) is 14.7. The molecule has 0 spiro atoms. The van der Waals surface area contributed by atoms with Crippen molar-refractivity contribution in [2.24, 2.45) is 5.92 Å². The normalized spacial score (nSPS) is 19.1. The van der Waals surface area contributed by atoms with Crippen molar-refractivity contribution >= 4 is 11.3 Å². The van der Waals surface area contributed by atoms with E-state index in [1.54, 1.807) is 11.3 Å².